The molecule has 2 aromatic heterocycles. The average molecular weight is 405 g/mol. The minimum absolute atomic E-state index is 0.122. The van der Waals surface area contributed by atoms with Gasteiger partial charge in [0.05, 0.1) is 19.7 Å². The van der Waals surface area contributed by atoms with Crippen LogP contribution in [0, 0.1) is 6.92 Å². The Morgan fingerprint density at radius 1 is 1.07 bits per heavy atom. The van der Waals surface area contributed by atoms with Crippen molar-refractivity contribution in [2.24, 2.45) is 0 Å². The second kappa shape index (κ2) is 8.02. The van der Waals surface area contributed by atoms with Crippen LogP contribution in [0.2, 0.25) is 0 Å². The van der Waals surface area contributed by atoms with Gasteiger partial charge >= 0.3 is 0 Å². The molecule has 2 heterocycles. The minimum atomic E-state index is -0.122. The fourth-order valence-corrected chi connectivity index (χ4v) is 3.51. The molecule has 0 aliphatic heterocycles. The maximum Gasteiger partial charge on any atom is 0.263 e. The van der Waals surface area contributed by atoms with Crippen LogP contribution >= 0.6 is 0 Å². The number of nitrogens with zero attached hydrogens (tertiary/aromatic N) is 3. The Bertz CT molecular complexity index is 1270. The quantitative estimate of drug-likeness (QED) is 0.471. The predicted octanol–water partition coefficient (Wildman–Crippen LogP) is 4.45. The highest BCUT2D eigenvalue weighted by Crippen LogP contribution is 2.32. The maximum absolute atomic E-state index is 13.2. The van der Waals surface area contributed by atoms with E-state index in [1.54, 1.807) is 32.5 Å². The molecule has 0 atom stereocenters. The van der Waals surface area contributed by atoms with Crippen LogP contribution in [-0.4, -0.2) is 28.9 Å². The lowest BCUT2D eigenvalue weighted by Crippen LogP contribution is -2.12. The van der Waals surface area contributed by atoms with Crippen molar-refractivity contribution in [2.75, 3.05) is 14.2 Å². The maximum atomic E-state index is 13.2. The lowest BCUT2D eigenvalue weighted by molar-refractivity contribution is 0.355. The highest BCUT2D eigenvalue weighted by molar-refractivity contribution is 5.83. The molecule has 0 amide bonds. The normalized spacial score (nSPS) is 11.1. The molecule has 154 valence electrons. The molecular weight excluding hydrogens is 382 g/mol. The van der Waals surface area contributed by atoms with E-state index in [1.807, 2.05) is 31.2 Å². The fourth-order valence-electron chi connectivity index (χ4n) is 3.51. The summed E-state index contributed by atoms with van der Waals surface area (Å²) in [5.74, 6) is 1.74. The van der Waals surface area contributed by atoms with Gasteiger partial charge in [-0.3, -0.25) is 4.79 Å². The highest BCUT2D eigenvalue weighted by atomic mass is 16.5. The number of ether oxygens (including phenoxy) is 2. The number of hydrogen-bond acceptors (Lipinski definition) is 6. The molecule has 0 spiro atoms. The zero-order chi connectivity index (χ0) is 21.3. The molecule has 4 aromatic rings. The van der Waals surface area contributed by atoms with E-state index >= 15 is 0 Å². The molecule has 7 heteroatoms. The topological polar surface area (TPSA) is 79.4 Å². The first-order chi connectivity index (χ1) is 14.5. The minimum Gasteiger partial charge on any atom is -0.493 e. The molecule has 4 rings (SSSR count). The second-order valence-electron chi connectivity index (χ2n) is 7.08. The van der Waals surface area contributed by atoms with Gasteiger partial charge in [-0.25, -0.2) is 0 Å². The summed E-state index contributed by atoms with van der Waals surface area (Å²) >= 11 is 0. The van der Waals surface area contributed by atoms with Crippen molar-refractivity contribution in [3.8, 4) is 34.3 Å². The van der Waals surface area contributed by atoms with Gasteiger partial charge in [-0.1, -0.05) is 23.7 Å². The average Bonchev–Trinajstić information content (AvgIpc) is 3.25. The Morgan fingerprint density at radius 2 is 1.87 bits per heavy atom. The number of aromatic nitrogens is 3. The van der Waals surface area contributed by atoms with Crippen LogP contribution in [0.5, 0.6) is 11.5 Å². The molecule has 2 aromatic carbocycles. The van der Waals surface area contributed by atoms with E-state index in [0.717, 1.165) is 24.0 Å². The largest absolute Gasteiger partial charge is 0.493 e. The van der Waals surface area contributed by atoms with E-state index in [4.69, 9.17) is 14.0 Å². The Kier molecular flexibility index (Phi) is 5.27. The molecule has 0 aliphatic carbocycles. The van der Waals surface area contributed by atoms with Crippen LogP contribution in [0.1, 0.15) is 18.9 Å². The first-order valence-electron chi connectivity index (χ1n) is 9.76. The molecule has 0 radical (unpaired) electrons. The van der Waals surface area contributed by atoms with Crippen molar-refractivity contribution in [3.05, 3.63) is 58.4 Å². The fraction of sp³-hybridized carbons (Fsp3) is 0.261. The summed E-state index contributed by atoms with van der Waals surface area (Å²) < 4.78 is 18.2. The van der Waals surface area contributed by atoms with E-state index in [-0.39, 0.29) is 11.3 Å². The van der Waals surface area contributed by atoms with E-state index in [1.165, 1.54) is 0 Å². The van der Waals surface area contributed by atoms with Gasteiger partial charge in [0.1, 0.15) is 5.56 Å². The standard InChI is InChI=1S/C23H23N3O4/c1-5-10-26-13-17(21(27)16-11-14(2)6-8-18(16)26)23-24-22(25-30-23)15-7-9-19(28-3)20(12-15)29-4/h6-9,11-13H,5,10H2,1-4H3. The van der Waals surface area contributed by atoms with Crippen LogP contribution in [0.4, 0.5) is 0 Å². The lowest BCUT2D eigenvalue weighted by Gasteiger charge is -2.11. The van der Waals surface area contributed by atoms with Gasteiger partial charge in [0.2, 0.25) is 11.3 Å². The highest BCUT2D eigenvalue weighted by Gasteiger charge is 2.18. The van der Waals surface area contributed by atoms with Gasteiger partial charge in [0, 0.05) is 23.7 Å². The van der Waals surface area contributed by atoms with E-state index < -0.39 is 0 Å². The zero-order valence-electron chi connectivity index (χ0n) is 17.4. The molecule has 0 unspecified atom stereocenters. The van der Waals surface area contributed by atoms with Crippen molar-refractivity contribution in [1.29, 1.82) is 0 Å². The Labute approximate surface area is 173 Å². The third-order valence-electron chi connectivity index (χ3n) is 5.00. The van der Waals surface area contributed by atoms with Crippen LogP contribution < -0.4 is 14.9 Å². The number of hydrogen-bond donors (Lipinski definition) is 0. The van der Waals surface area contributed by atoms with Crippen LogP contribution in [0.3, 0.4) is 0 Å². The molecule has 0 fully saturated rings. The summed E-state index contributed by atoms with van der Waals surface area (Å²) in [7, 11) is 3.14. The molecule has 0 aliphatic rings. The summed E-state index contributed by atoms with van der Waals surface area (Å²) in [6, 6.07) is 11.3. The molecule has 30 heavy (non-hydrogen) atoms. The first kappa shape index (κ1) is 19.7. The summed E-state index contributed by atoms with van der Waals surface area (Å²) in [4.78, 5) is 17.7. The van der Waals surface area contributed by atoms with Crippen LogP contribution in [0.15, 0.2) is 51.9 Å². The first-order valence-corrected chi connectivity index (χ1v) is 9.76. The van der Waals surface area contributed by atoms with Gasteiger partial charge in [-0.05, 0) is 43.7 Å². The molecule has 0 bridgehead atoms. The molecule has 7 nitrogen and oxygen atoms in total. The van der Waals surface area contributed by atoms with Crippen LogP contribution in [-0.2, 0) is 6.54 Å². The van der Waals surface area contributed by atoms with Gasteiger partial charge in [-0.2, -0.15) is 4.98 Å². The van der Waals surface area contributed by atoms with Crippen molar-refractivity contribution < 1.29 is 14.0 Å². The SMILES string of the molecule is CCCn1cc(-c2nc(-c3ccc(OC)c(OC)c3)no2)c(=O)c2cc(C)ccc21. The van der Waals surface area contributed by atoms with E-state index in [9.17, 15) is 4.79 Å². The summed E-state index contributed by atoms with van der Waals surface area (Å²) in [6.45, 7) is 4.85. The molecular formula is C23H23N3O4. The Morgan fingerprint density at radius 3 is 2.60 bits per heavy atom. The van der Waals surface area contributed by atoms with Crippen molar-refractivity contribution in [3.63, 3.8) is 0 Å². The van der Waals surface area contributed by atoms with Gasteiger partial charge < -0.3 is 18.6 Å². The van der Waals surface area contributed by atoms with Crippen molar-refractivity contribution in [2.45, 2.75) is 26.8 Å². The number of pyridine rings is 1. The van der Waals surface area contributed by atoms with Gasteiger partial charge in [0.25, 0.3) is 5.89 Å². The third kappa shape index (κ3) is 3.43. The molecule has 0 saturated heterocycles. The van der Waals surface area contributed by atoms with E-state index in [2.05, 4.69) is 21.6 Å². The van der Waals surface area contributed by atoms with Crippen molar-refractivity contribution in [1.82, 2.24) is 14.7 Å². The smallest absolute Gasteiger partial charge is 0.263 e. The summed E-state index contributed by atoms with van der Waals surface area (Å²) in [6.07, 6.45) is 2.74. The number of benzene rings is 2. The third-order valence-corrected chi connectivity index (χ3v) is 5.00. The number of fused-ring (bicyclic) bond motifs is 1. The summed E-state index contributed by atoms with van der Waals surface area (Å²) in [5, 5.41) is 4.72. The van der Waals surface area contributed by atoms with E-state index in [0.29, 0.717) is 33.8 Å². The lowest BCUT2D eigenvalue weighted by atomic mass is 10.1. The van der Waals surface area contributed by atoms with Gasteiger partial charge in [0.15, 0.2) is 11.5 Å². The Balaban J connectivity index is 1.84. The monoisotopic (exact) mass is 405 g/mol. The molecule has 0 saturated carbocycles. The number of rotatable bonds is 6. The number of methoxy groups -OCH3 is 2. The molecule has 0 N–H and O–H groups in total. The second-order valence-corrected chi connectivity index (χ2v) is 7.08. The number of aryl methyl sites for hydroxylation is 2. The van der Waals surface area contributed by atoms with Crippen LogP contribution in [0.25, 0.3) is 33.7 Å². The zero-order valence-corrected chi connectivity index (χ0v) is 17.4. The summed E-state index contributed by atoms with van der Waals surface area (Å²) in [5.41, 5.74) is 2.89. The Hall–Kier alpha value is -3.61. The predicted molar refractivity (Wildman–Crippen MR) is 115 cm³/mol. The van der Waals surface area contributed by atoms with Gasteiger partial charge in [-0.15, -0.1) is 0 Å². The van der Waals surface area contributed by atoms with Crippen molar-refractivity contribution >= 4 is 10.9 Å².